The molecule has 5 nitrogen and oxygen atoms in total. The lowest BCUT2D eigenvalue weighted by Crippen LogP contribution is -2.31. The van der Waals surface area contributed by atoms with Gasteiger partial charge in [0.05, 0.1) is 25.4 Å². The average molecular weight is 348 g/mol. The minimum absolute atomic E-state index is 0.0947. The summed E-state index contributed by atoms with van der Waals surface area (Å²) in [4.78, 5) is 13.9. The highest BCUT2D eigenvalue weighted by Crippen LogP contribution is 2.26. The van der Waals surface area contributed by atoms with Gasteiger partial charge in [-0.25, -0.2) is 0 Å². The number of halogens is 1. The number of hydrogen-bond donors (Lipinski definition) is 0. The van der Waals surface area contributed by atoms with Gasteiger partial charge in [-0.2, -0.15) is 8.75 Å². The van der Waals surface area contributed by atoms with Gasteiger partial charge in [0.25, 0.3) is 0 Å². The zero-order valence-electron chi connectivity index (χ0n) is 12.4. The summed E-state index contributed by atoms with van der Waals surface area (Å²) in [7, 11) is 1.61. The van der Waals surface area contributed by atoms with Crippen LogP contribution in [0.2, 0.25) is 0 Å². The van der Waals surface area contributed by atoms with Crippen molar-refractivity contribution in [2.75, 3.05) is 17.9 Å². The predicted molar refractivity (Wildman–Crippen MR) is 92.3 cm³/mol. The molecule has 0 radical (unpaired) electrons. The molecule has 1 heterocycles. The summed E-state index contributed by atoms with van der Waals surface area (Å²) in [5.41, 5.74) is 3.22. The van der Waals surface area contributed by atoms with Crippen molar-refractivity contribution in [3.05, 3.63) is 48.0 Å². The molecular weight excluding hydrogens is 334 g/mol. The summed E-state index contributed by atoms with van der Waals surface area (Å²) in [6.45, 7) is 0.374. The first-order chi connectivity index (χ1) is 11.2. The molecule has 0 aliphatic rings. The van der Waals surface area contributed by atoms with Crippen LogP contribution in [0.1, 0.15) is 5.56 Å². The quantitative estimate of drug-likeness (QED) is 0.663. The van der Waals surface area contributed by atoms with E-state index in [-0.39, 0.29) is 11.8 Å². The smallest absolute Gasteiger partial charge is 0.242 e. The van der Waals surface area contributed by atoms with Crippen molar-refractivity contribution in [1.82, 2.24) is 8.75 Å². The maximum absolute atomic E-state index is 12.3. The number of carbonyl (C=O) groups is 1. The number of alkyl halides is 1. The number of hydrogen-bond acceptors (Lipinski definition) is 5. The Kier molecular flexibility index (Phi) is 4.73. The summed E-state index contributed by atoms with van der Waals surface area (Å²) in [6.07, 6.45) is 0. The lowest BCUT2D eigenvalue weighted by Gasteiger charge is -2.23. The third-order valence-electron chi connectivity index (χ3n) is 3.49. The molecule has 0 saturated carbocycles. The van der Waals surface area contributed by atoms with Gasteiger partial charge < -0.3 is 9.64 Å². The monoisotopic (exact) mass is 347 g/mol. The van der Waals surface area contributed by atoms with E-state index in [9.17, 15) is 4.79 Å². The molecule has 3 rings (SSSR count). The standard InChI is InChI=1S/C16H14ClN3O2S/c1-22-15-5-3-2-4-11(15)10-20(16(21)9-17)12-6-7-13-14(8-12)19-23-18-13/h2-8H,9-10H2,1H3. The van der Waals surface area contributed by atoms with Crippen LogP contribution in [0.15, 0.2) is 42.5 Å². The first kappa shape index (κ1) is 15.7. The van der Waals surface area contributed by atoms with E-state index in [1.807, 2.05) is 42.5 Å². The number of carbonyl (C=O) groups excluding carboxylic acids is 1. The third kappa shape index (κ3) is 3.28. The Morgan fingerprint density at radius 3 is 2.78 bits per heavy atom. The topological polar surface area (TPSA) is 55.3 Å². The Balaban J connectivity index is 1.98. The zero-order chi connectivity index (χ0) is 16.2. The first-order valence-electron chi connectivity index (χ1n) is 6.93. The Bertz CT molecular complexity index is 837. The van der Waals surface area contributed by atoms with Gasteiger partial charge in [0.2, 0.25) is 5.91 Å². The van der Waals surface area contributed by atoms with Gasteiger partial charge in [0.1, 0.15) is 22.7 Å². The maximum Gasteiger partial charge on any atom is 0.242 e. The molecule has 0 saturated heterocycles. The second-order valence-corrected chi connectivity index (χ2v) is 5.66. The number of rotatable bonds is 5. The second kappa shape index (κ2) is 6.93. The second-order valence-electron chi connectivity index (χ2n) is 4.86. The van der Waals surface area contributed by atoms with E-state index in [1.165, 1.54) is 0 Å². The fraction of sp³-hybridized carbons (Fsp3) is 0.188. The number of para-hydroxylation sites is 1. The van der Waals surface area contributed by atoms with Gasteiger partial charge in [-0.1, -0.05) is 18.2 Å². The van der Waals surface area contributed by atoms with Crippen molar-refractivity contribution < 1.29 is 9.53 Å². The Labute approximate surface area is 142 Å². The van der Waals surface area contributed by atoms with E-state index in [2.05, 4.69) is 8.75 Å². The van der Waals surface area contributed by atoms with Gasteiger partial charge >= 0.3 is 0 Å². The molecule has 0 aliphatic heterocycles. The number of anilines is 1. The molecule has 23 heavy (non-hydrogen) atoms. The lowest BCUT2D eigenvalue weighted by atomic mass is 10.1. The largest absolute Gasteiger partial charge is 0.496 e. The normalized spacial score (nSPS) is 10.7. The molecule has 3 aromatic rings. The zero-order valence-corrected chi connectivity index (χ0v) is 14.0. The van der Waals surface area contributed by atoms with Crippen LogP contribution in [-0.4, -0.2) is 27.6 Å². The minimum Gasteiger partial charge on any atom is -0.496 e. The third-order valence-corrected chi connectivity index (χ3v) is 4.27. The number of fused-ring (bicyclic) bond motifs is 1. The molecule has 0 unspecified atom stereocenters. The van der Waals surface area contributed by atoms with Crippen molar-refractivity contribution >= 4 is 46.0 Å². The number of methoxy groups -OCH3 is 1. The molecular formula is C16H14ClN3O2S. The van der Waals surface area contributed by atoms with Crippen molar-refractivity contribution in [1.29, 1.82) is 0 Å². The van der Waals surface area contributed by atoms with Crippen molar-refractivity contribution in [3.63, 3.8) is 0 Å². The molecule has 0 spiro atoms. The van der Waals surface area contributed by atoms with Crippen LogP contribution in [0.25, 0.3) is 11.0 Å². The molecule has 118 valence electrons. The van der Waals surface area contributed by atoms with E-state index in [0.29, 0.717) is 6.54 Å². The van der Waals surface area contributed by atoms with Gasteiger partial charge in [-0.15, -0.1) is 11.6 Å². The summed E-state index contributed by atoms with van der Waals surface area (Å²) in [5.74, 6) is 0.457. The van der Waals surface area contributed by atoms with Crippen LogP contribution < -0.4 is 9.64 Å². The van der Waals surface area contributed by atoms with E-state index >= 15 is 0 Å². The summed E-state index contributed by atoms with van der Waals surface area (Å²) in [5, 5.41) is 0. The molecule has 0 bridgehead atoms. The van der Waals surface area contributed by atoms with Crippen LogP contribution in [0, 0.1) is 0 Å². The maximum atomic E-state index is 12.3. The van der Waals surface area contributed by atoms with E-state index in [0.717, 1.165) is 39.8 Å². The molecule has 1 aromatic heterocycles. The van der Waals surface area contributed by atoms with Crippen LogP contribution in [-0.2, 0) is 11.3 Å². The fourth-order valence-electron chi connectivity index (χ4n) is 2.34. The molecule has 1 amide bonds. The highest BCUT2D eigenvalue weighted by atomic mass is 35.5. The highest BCUT2D eigenvalue weighted by molar-refractivity contribution is 7.00. The van der Waals surface area contributed by atoms with Crippen molar-refractivity contribution in [2.24, 2.45) is 0 Å². The molecule has 0 aliphatic carbocycles. The van der Waals surface area contributed by atoms with E-state index in [4.69, 9.17) is 16.3 Å². The Hall–Kier alpha value is -2.18. The summed E-state index contributed by atoms with van der Waals surface area (Å²) in [6, 6.07) is 13.1. The number of ether oxygens (including phenoxy) is 1. The minimum atomic E-state index is -0.180. The summed E-state index contributed by atoms with van der Waals surface area (Å²) >= 11 is 6.93. The number of aromatic nitrogens is 2. The van der Waals surface area contributed by atoms with Crippen LogP contribution in [0.3, 0.4) is 0 Å². The van der Waals surface area contributed by atoms with Crippen molar-refractivity contribution in [3.8, 4) is 5.75 Å². The average Bonchev–Trinajstić information content (AvgIpc) is 3.07. The Morgan fingerprint density at radius 2 is 2.00 bits per heavy atom. The van der Waals surface area contributed by atoms with Crippen molar-refractivity contribution in [2.45, 2.75) is 6.54 Å². The molecule has 7 heteroatoms. The SMILES string of the molecule is COc1ccccc1CN(C(=O)CCl)c1ccc2nsnc2c1. The summed E-state index contributed by atoms with van der Waals surface area (Å²) < 4.78 is 13.8. The van der Waals surface area contributed by atoms with Crippen LogP contribution in [0.4, 0.5) is 5.69 Å². The van der Waals surface area contributed by atoms with Gasteiger partial charge in [0, 0.05) is 11.3 Å². The van der Waals surface area contributed by atoms with Crippen LogP contribution in [0.5, 0.6) is 5.75 Å². The first-order valence-corrected chi connectivity index (χ1v) is 8.20. The fourth-order valence-corrected chi connectivity index (χ4v) is 3.00. The predicted octanol–water partition coefficient (Wildman–Crippen LogP) is 3.47. The lowest BCUT2D eigenvalue weighted by molar-refractivity contribution is -0.116. The van der Waals surface area contributed by atoms with E-state index < -0.39 is 0 Å². The molecule has 0 atom stereocenters. The van der Waals surface area contributed by atoms with E-state index in [1.54, 1.807) is 12.0 Å². The van der Waals surface area contributed by atoms with Gasteiger partial charge in [-0.3, -0.25) is 4.79 Å². The number of nitrogens with zero attached hydrogens (tertiary/aromatic N) is 3. The highest BCUT2D eigenvalue weighted by Gasteiger charge is 2.18. The number of amides is 1. The molecule has 0 fully saturated rings. The van der Waals surface area contributed by atoms with Crippen LogP contribution >= 0.6 is 23.3 Å². The van der Waals surface area contributed by atoms with Gasteiger partial charge in [0.15, 0.2) is 0 Å². The molecule has 0 N–H and O–H groups in total. The number of benzene rings is 2. The van der Waals surface area contributed by atoms with Gasteiger partial charge in [-0.05, 0) is 24.3 Å². The molecule has 2 aromatic carbocycles. The Morgan fingerprint density at radius 1 is 1.22 bits per heavy atom.